The van der Waals surface area contributed by atoms with Gasteiger partial charge in [-0.2, -0.15) is 0 Å². The summed E-state index contributed by atoms with van der Waals surface area (Å²) in [4.78, 5) is 4.91. The molecule has 0 unspecified atom stereocenters. The maximum Gasteiger partial charge on any atom is 0.104 e. The highest BCUT2D eigenvalue weighted by Gasteiger charge is 2.22. The van der Waals surface area contributed by atoms with Crippen LogP contribution in [-0.4, -0.2) is 37.7 Å². The second-order valence-electron chi connectivity index (χ2n) is 4.93. The molecule has 0 spiro atoms. The van der Waals surface area contributed by atoms with Crippen molar-refractivity contribution in [3.8, 4) is 0 Å². The summed E-state index contributed by atoms with van der Waals surface area (Å²) in [7, 11) is 0. The van der Waals surface area contributed by atoms with E-state index in [1.165, 1.54) is 27.9 Å². The van der Waals surface area contributed by atoms with Crippen molar-refractivity contribution in [3.63, 3.8) is 0 Å². The maximum absolute atomic E-state index is 5.46. The molecule has 3 nitrogen and oxygen atoms in total. The number of hydrogen-bond acceptors (Lipinski definition) is 3. The summed E-state index contributed by atoms with van der Waals surface area (Å²) in [6.45, 7) is 4.82. The standard InChI is InChI=1S/C15H19IN2O/c16-13-4-6-14(7-5-13)18-8-2-1-3-15(18)17-9-11-19-12-10-17/h3-7H,1-2,8-12H2. The van der Waals surface area contributed by atoms with E-state index in [9.17, 15) is 0 Å². The lowest BCUT2D eigenvalue weighted by Crippen LogP contribution is -2.43. The summed E-state index contributed by atoms with van der Waals surface area (Å²) in [5.74, 6) is 1.37. The molecular weight excluding hydrogens is 351 g/mol. The lowest BCUT2D eigenvalue weighted by molar-refractivity contribution is 0.0518. The molecule has 4 heteroatoms. The van der Waals surface area contributed by atoms with Gasteiger partial charge in [-0.15, -0.1) is 0 Å². The molecule has 0 aromatic heterocycles. The quantitative estimate of drug-likeness (QED) is 0.745. The van der Waals surface area contributed by atoms with Crippen LogP contribution in [0.3, 0.4) is 0 Å². The number of benzene rings is 1. The van der Waals surface area contributed by atoms with Gasteiger partial charge in [0.15, 0.2) is 0 Å². The minimum atomic E-state index is 0.845. The Labute approximate surface area is 128 Å². The molecule has 1 aromatic rings. The van der Waals surface area contributed by atoms with Gasteiger partial charge in [0.25, 0.3) is 0 Å². The number of nitrogens with zero attached hydrogens (tertiary/aromatic N) is 2. The number of halogens is 1. The number of rotatable bonds is 2. The molecule has 2 aliphatic rings. The first-order chi connectivity index (χ1) is 9.34. The van der Waals surface area contributed by atoms with E-state index < -0.39 is 0 Å². The summed E-state index contributed by atoms with van der Waals surface area (Å²) in [6.07, 6.45) is 4.81. The number of ether oxygens (including phenoxy) is 1. The first kappa shape index (κ1) is 13.2. The fourth-order valence-corrected chi connectivity index (χ4v) is 3.04. The molecule has 2 aliphatic heterocycles. The Morgan fingerprint density at radius 2 is 1.74 bits per heavy atom. The second kappa shape index (κ2) is 6.13. The van der Waals surface area contributed by atoms with E-state index in [0.29, 0.717) is 0 Å². The lowest BCUT2D eigenvalue weighted by Gasteiger charge is -2.40. The maximum atomic E-state index is 5.46. The average Bonchev–Trinajstić information content (AvgIpc) is 2.49. The highest BCUT2D eigenvalue weighted by atomic mass is 127. The van der Waals surface area contributed by atoms with Gasteiger partial charge in [0.2, 0.25) is 0 Å². The van der Waals surface area contributed by atoms with Crippen LogP contribution in [0.15, 0.2) is 36.2 Å². The van der Waals surface area contributed by atoms with E-state index in [2.05, 4.69) is 62.7 Å². The van der Waals surface area contributed by atoms with Crippen LogP contribution < -0.4 is 4.90 Å². The van der Waals surface area contributed by atoms with E-state index in [1.54, 1.807) is 0 Å². The third-order valence-corrected chi connectivity index (χ3v) is 4.38. The van der Waals surface area contributed by atoms with E-state index in [4.69, 9.17) is 4.74 Å². The Bertz CT molecular complexity index is 452. The van der Waals surface area contributed by atoms with Crippen molar-refractivity contribution in [3.05, 3.63) is 39.7 Å². The van der Waals surface area contributed by atoms with Gasteiger partial charge in [0.1, 0.15) is 5.82 Å². The smallest absolute Gasteiger partial charge is 0.104 e. The van der Waals surface area contributed by atoms with Gasteiger partial charge in [0.05, 0.1) is 13.2 Å². The monoisotopic (exact) mass is 370 g/mol. The minimum Gasteiger partial charge on any atom is -0.378 e. The molecule has 1 fully saturated rings. The van der Waals surface area contributed by atoms with E-state index in [1.807, 2.05) is 0 Å². The molecule has 3 rings (SSSR count). The van der Waals surface area contributed by atoms with Gasteiger partial charge in [-0.05, 0) is 65.8 Å². The Balaban J connectivity index is 1.83. The van der Waals surface area contributed by atoms with Crippen molar-refractivity contribution in [2.45, 2.75) is 12.8 Å². The Kier molecular flexibility index (Phi) is 4.28. The first-order valence-electron chi connectivity index (χ1n) is 6.90. The summed E-state index contributed by atoms with van der Waals surface area (Å²) in [5, 5.41) is 0. The molecule has 0 N–H and O–H groups in total. The third kappa shape index (κ3) is 3.05. The van der Waals surface area contributed by atoms with Crippen molar-refractivity contribution in [2.75, 3.05) is 37.7 Å². The zero-order valence-corrected chi connectivity index (χ0v) is 13.2. The van der Waals surface area contributed by atoms with Crippen molar-refractivity contribution in [1.29, 1.82) is 0 Å². The fourth-order valence-electron chi connectivity index (χ4n) is 2.68. The van der Waals surface area contributed by atoms with Crippen molar-refractivity contribution in [2.24, 2.45) is 0 Å². The number of allylic oxidation sites excluding steroid dienone is 1. The number of anilines is 1. The summed E-state index contributed by atoms with van der Waals surface area (Å²) in [6, 6.07) is 8.81. The van der Waals surface area contributed by atoms with Crippen LogP contribution in [-0.2, 0) is 4.74 Å². The average molecular weight is 370 g/mol. The van der Waals surface area contributed by atoms with Crippen molar-refractivity contribution < 1.29 is 4.74 Å². The molecule has 0 saturated carbocycles. The zero-order valence-electron chi connectivity index (χ0n) is 11.0. The van der Waals surface area contributed by atoms with Crippen LogP contribution in [0.25, 0.3) is 0 Å². The number of morpholine rings is 1. The first-order valence-corrected chi connectivity index (χ1v) is 7.98. The molecule has 0 amide bonds. The van der Waals surface area contributed by atoms with E-state index >= 15 is 0 Å². The Morgan fingerprint density at radius 3 is 2.47 bits per heavy atom. The normalized spacial score (nSPS) is 20.4. The van der Waals surface area contributed by atoms with E-state index in [-0.39, 0.29) is 0 Å². The topological polar surface area (TPSA) is 15.7 Å². The van der Waals surface area contributed by atoms with Gasteiger partial charge in [-0.3, -0.25) is 0 Å². The predicted octanol–water partition coefficient (Wildman–Crippen LogP) is 3.07. The van der Waals surface area contributed by atoms with Crippen LogP contribution in [0.5, 0.6) is 0 Å². The van der Waals surface area contributed by atoms with Gasteiger partial charge < -0.3 is 14.5 Å². The largest absolute Gasteiger partial charge is 0.378 e. The second-order valence-corrected chi connectivity index (χ2v) is 6.18. The molecule has 0 bridgehead atoms. The molecule has 19 heavy (non-hydrogen) atoms. The van der Waals surface area contributed by atoms with Crippen LogP contribution in [0.1, 0.15) is 12.8 Å². The van der Waals surface area contributed by atoms with Crippen LogP contribution in [0, 0.1) is 3.57 Å². The molecule has 1 aromatic carbocycles. The van der Waals surface area contributed by atoms with Gasteiger partial charge in [-0.1, -0.05) is 0 Å². The Morgan fingerprint density at radius 1 is 1.00 bits per heavy atom. The predicted molar refractivity (Wildman–Crippen MR) is 86.2 cm³/mol. The molecule has 2 heterocycles. The van der Waals surface area contributed by atoms with Gasteiger partial charge in [-0.25, -0.2) is 0 Å². The lowest BCUT2D eigenvalue weighted by atomic mass is 10.1. The highest BCUT2D eigenvalue weighted by molar-refractivity contribution is 14.1. The molecule has 102 valence electrons. The Hall–Kier alpha value is -0.750. The molecule has 0 aliphatic carbocycles. The van der Waals surface area contributed by atoms with Crippen molar-refractivity contribution >= 4 is 28.3 Å². The molecule has 1 saturated heterocycles. The van der Waals surface area contributed by atoms with Gasteiger partial charge in [0, 0.05) is 28.9 Å². The summed E-state index contributed by atoms with van der Waals surface area (Å²) in [5.41, 5.74) is 1.30. The molecule has 0 atom stereocenters. The molecule has 0 radical (unpaired) electrons. The number of hydrogen-bond donors (Lipinski definition) is 0. The third-order valence-electron chi connectivity index (χ3n) is 3.66. The van der Waals surface area contributed by atoms with Crippen LogP contribution in [0.4, 0.5) is 5.69 Å². The van der Waals surface area contributed by atoms with Crippen LogP contribution >= 0.6 is 22.6 Å². The van der Waals surface area contributed by atoms with Crippen molar-refractivity contribution in [1.82, 2.24) is 4.90 Å². The highest BCUT2D eigenvalue weighted by Crippen LogP contribution is 2.27. The summed E-state index contributed by atoms with van der Waals surface area (Å²) < 4.78 is 6.75. The SMILES string of the molecule is Ic1ccc(N2CCCC=C2N2CCOCC2)cc1. The van der Waals surface area contributed by atoms with Gasteiger partial charge >= 0.3 is 0 Å². The van der Waals surface area contributed by atoms with Crippen LogP contribution in [0.2, 0.25) is 0 Å². The fraction of sp³-hybridized carbons (Fsp3) is 0.467. The summed E-state index contributed by atoms with van der Waals surface area (Å²) >= 11 is 2.36. The van der Waals surface area contributed by atoms with E-state index in [0.717, 1.165) is 32.8 Å². The molecular formula is C15H19IN2O. The zero-order chi connectivity index (χ0) is 13.1. The minimum absolute atomic E-state index is 0.845.